The number of methoxy groups -OCH3 is 2. The number of nitrogens with zero attached hydrogens (tertiary/aromatic N) is 1. The van der Waals surface area contributed by atoms with Crippen molar-refractivity contribution in [3.63, 3.8) is 0 Å². The minimum Gasteiger partial charge on any atom is -0.507 e. The molecule has 1 amide bonds. The highest BCUT2D eigenvalue weighted by atomic mass is 35.5. The standard InChI is InChI=1S/C23H24ClNO6/c1-4-31-18-10-7-15(13-17(18)24)21(26)19-20(14-5-8-16(30-3)9-6-14)25(11-12-29-2)23(28)22(19)27/h5-10,13,20,26H,4,11-12H2,1-3H3/t20-/m1/s1. The maximum atomic E-state index is 12.9. The van der Waals surface area contributed by atoms with E-state index in [1.165, 1.54) is 18.1 Å². The number of hydrogen-bond acceptors (Lipinski definition) is 6. The van der Waals surface area contributed by atoms with Gasteiger partial charge >= 0.3 is 0 Å². The van der Waals surface area contributed by atoms with Crippen molar-refractivity contribution >= 4 is 29.1 Å². The van der Waals surface area contributed by atoms with Gasteiger partial charge in [0.25, 0.3) is 11.7 Å². The summed E-state index contributed by atoms with van der Waals surface area (Å²) in [5, 5.41) is 11.3. The van der Waals surface area contributed by atoms with E-state index in [1.807, 2.05) is 6.92 Å². The van der Waals surface area contributed by atoms with Crippen molar-refractivity contribution < 1.29 is 28.9 Å². The van der Waals surface area contributed by atoms with E-state index in [2.05, 4.69) is 0 Å². The Balaban J connectivity index is 2.12. The van der Waals surface area contributed by atoms with Crippen LogP contribution < -0.4 is 9.47 Å². The fraction of sp³-hybridized carbons (Fsp3) is 0.304. The molecule has 0 bridgehead atoms. The monoisotopic (exact) mass is 445 g/mol. The number of Topliss-reactive ketones (excluding diaryl/α,β-unsaturated/α-hetero) is 1. The molecule has 2 aromatic carbocycles. The van der Waals surface area contributed by atoms with Gasteiger partial charge in [-0.05, 0) is 42.8 Å². The zero-order chi connectivity index (χ0) is 22.5. The van der Waals surface area contributed by atoms with Gasteiger partial charge in [0.1, 0.15) is 17.3 Å². The molecular formula is C23H24ClNO6. The van der Waals surface area contributed by atoms with Gasteiger partial charge in [0, 0.05) is 19.2 Å². The Morgan fingerprint density at radius 3 is 2.42 bits per heavy atom. The number of amides is 1. The smallest absolute Gasteiger partial charge is 0.295 e. The number of rotatable bonds is 8. The van der Waals surface area contributed by atoms with Crippen molar-refractivity contribution in [2.24, 2.45) is 0 Å². The highest BCUT2D eigenvalue weighted by molar-refractivity contribution is 6.46. The van der Waals surface area contributed by atoms with Crippen LogP contribution in [0.15, 0.2) is 48.0 Å². The number of likely N-dealkylation sites (tertiary alicyclic amines) is 1. The second-order valence-corrected chi connectivity index (χ2v) is 7.24. The van der Waals surface area contributed by atoms with Crippen LogP contribution in [-0.2, 0) is 14.3 Å². The molecule has 1 fully saturated rings. The summed E-state index contributed by atoms with van der Waals surface area (Å²) in [5.41, 5.74) is 0.970. The maximum absolute atomic E-state index is 12.9. The van der Waals surface area contributed by atoms with Crippen LogP contribution in [0.5, 0.6) is 11.5 Å². The van der Waals surface area contributed by atoms with Crippen LogP contribution in [0.3, 0.4) is 0 Å². The number of benzene rings is 2. The molecule has 8 heteroatoms. The third-order valence-corrected chi connectivity index (χ3v) is 5.31. The van der Waals surface area contributed by atoms with Crippen molar-refractivity contribution in [1.29, 1.82) is 0 Å². The summed E-state index contributed by atoms with van der Waals surface area (Å²) >= 11 is 6.26. The highest BCUT2D eigenvalue weighted by Gasteiger charge is 2.45. The van der Waals surface area contributed by atoms with Gasteiger partial charge in [0.15, 0.2) is 0 Å². The molecule has 0 unspecified atom stereocenters. The van der Waals surface area contributed by atoms with Gasteiger partial charge in [0.05, 0.1) is 37.0 Å². The Bertz CT molecular complexity index is 1000. The predicted octanol–water partition coefficient (Wildman–Crippen LogP) is 3.82. The average molecular weight is 446 g/mol. The van der Waals surface area contributed by atoms with Gasteiger partial charge in [-0.1, -0.05) is 23.7 Å². The number of halogens is 1. The van der Waals surface area contributed by atoms with Crippen molar-refractivity contribution in [2.75, 3.05) is 34.0 Å². The van der Waals surface area contributed by atoms with Gasteiger partial charge in [-0.25, -0.2) is 0 Å². The van der Waals surface area contributed by atoms with Crippen molar-refractivity contribution in [1.82, 2.24) is 4.90 Å². The molecule has 1 heterocycles. The predicted molar refractivity (Wildman–Crippen MR) is 117 cm³/mol. The lowest BCUT2D eigenvalue weighted by Gasteiger charge is -2.25. The quantitative estimate of drug-likeness (QED) is 0.378. The highest BCUT2D eigenvalue weighted by Crippen LogP contribution is 2.40. The summed E-state index contributed by atoms with van der Waals surface area (Å²) in [6, 6.07) is 10.9. The Morgan fingerprint density at radius 2 is 1.84 bits per heavy atom. The summed E-state index contributed by atoms with van der Waals surface area (Å²) in [7, 11) is 3.07. The largest absolute Gasteiger partial charge is 0.507 e. The molecule has 1 saturated heterocycles. The van der Waals surface area contributed by atoms with Crippen LogP contribution in [0.25, 0.3) is 5.76 Å². The molecular weight excluding hydrogens is 422 g/mol. The molecule has 0 saturated carbocycles. The number of hydrogen-bond donors (Lipinski definition) is 1. The fourth-order valence-electron chi connectivity index (χ4n) is 3.51. The van der Waals surface area contributed by atoms with E-state index in [9.17, 15) is 14.7 Å². The SMILES string of the molecule is CCOc1ccc(C(O)=C2C(=O)C(=O)N(CCOC)[C@@H]2c2ccc(OC)cc2)cc1Cl. The zero-order valence-corrected chi connectivity index (χ0v) is 18.3. The summed E-state index contributed by atoms with van der Waals surface area (Å²) in [6.07, 6.45) is 0. The lowest BCUT2D eigenvalue weighted by molar-refractivity contribution is -0.140. The summed E-state index contributed by atoms with van der Waals surface area (Å²) in [6.45, 7) is 2.71. The number of aliphatic hydroxyl groups excluding tert-OH is 1. The van der Waals surface area contributed by atoms with Gasteiger partial charge < -0.3 is 24.2 Å². The first-order valence-electron chi connectivity index (χ1n) is 9.76. The molecule has 0 aliphatic carbocycles. The zero-order valence-electron chi connectivity index (χ0n) is 17.6. The molecule has 0 spiro atoms. The Hall–Kier alpha value is -3.03. The molecule has 1 aliphatic rings. The topological polar surface area (TPSA) is 85.3 Å². The third-order valence-electron chi connectivity index (χ3n) is 5.01. The van der Waals surface area contributed by atoms with Crippen molar-refractivity contribution in [2.45, 2.75) is 13.0 Å². The van der Waals surface area contributed by atoms with E-state index in [-0.39, 0.29) is 24.5 Å². The van der Waals surface area contributed by atoms with E-state index in [0.29, 0.717) is 34.3 Å². The number of ether oxygens (including phenoxy) is 3. The van der Waals surface area contributed by atoms with Crippen molar-refractivity contribution in [3.05, 3.63) is 64.2 Å². The minimum atomic E-state index is -0.772. The first-order valence-corrected chi connectivity index (χ1v) is 10.1. The lowest BCUT2D eigenvalue weighted by Crippen LogP contribution is -2.32. The summed E-state index contributed by atoms with van der Waals surface area (Å²) in [4.78, 5) is 27.1. The first-order chi connectivity index (χ1) is 14.9. The van der Waals surface area contributed by atoms with Gasteiger partial charge in [-0.15, -0.1) is 0 Å². The van der Waals surface area contributed by atoms with Crippen LogP contribution in [0.4, 0.5) is 0 Å². The average Bonchev–Trinajstić information content (AvgIpc) is 3.03. The normalized spacial score (nSPS) is 17.8. The number of aliphatic hydroxyl groups is 1. The van der Waals surface area contributed by atoms with E-state index >= 15 is 0 Å². The molecule has 0 radical (unpaired) electrons. The second-order valence-electron chi connectivity index (χ2n) is 6.84. The van der Waals surface area contributed by atoms with E-state index in [1.54, 1.807) is 43.5 Å². The summed E-state index contributed by atoms with van der Waals surface area (Å²) < 4.78 is 15.7. The van der Waals surface area contributed by atoms with Crippen LogP contribution in [-0.4, -0.2) is 55.7 Å². The molecule has 1 N–H and O–H groups in total. The van der Waals surface area contributed by atoms with Gasteiger partial charge in [0.2, 0.25) is 0 Å². The third kappa shape index (κ3) is 4.52. The van der Waals surface area contributed by atoms with E-state index in [0.717, 1.165) is 0 Å². The van der Waals surface area contributed by atoms with Crippen LogP contribution in [0, 0.1) is 0 Å². The Kier molecular flexibility index (Phi) is 7.20. The Morgan fingerprint density at radius 1 is 1.13 bits per heavy atom. The van der Waals surface area contributed by atoms with Crippen LogP contribution >= 0.6 is 11.6 Å². The molecule has 7 nitrogen and oxygen atoms in total. The Labute approximate surface area is 185 Å². The molecule has 0 aromatic heterocycles. The molecule has 3 rings (SSSR count). The van der Waals surface area contributed by atoms with E-state index < -0.39 is 17.7 Å². The molecule has 31 heavy (non-hydrogen) atoms. The van der Waals surface area contributed by atoms with Crippen LogP contribution in [0.2, 0.25) is 5.02 Å². The van der Waals surface area contributed by atoms with Crippen molar-refractivity contribution in [3.8, 4) is 11.5 Å². The van der Waals surface area contributed by atoms with Gasteiger partial charge in [-0.2, -0.15) is 0 Å². The molecule has 164 valence electrons. The lowest BCUT2D eigenvalue weighted by atomic mass is 9.95. The van der Waals surface area contributed by atoms with E-state index in [4.69, 9.17) is 25.8 Å². The molecule has 1 atom stereocenters. The summed E-state index contributed by atoms with van der Waals surface area (Å²) in [5.74, 6) is -0.663. The molecule has 1 aliphatic heterocycles. The van der Waals surface area contributed by atoms with Crippen LogP contribution in [0.1, 0.15) is 24.1 Å². The minimum absolute atomic E-state index is 0.00787. The number of ketones is 1. The number of carbonyl (C=O) groups excluding carboxylic acids is 2. The molecule has 2 aromatic rings. The first kappa shape index (κ1) is 22.7. The second kappa shape index (κ2) is 9.85. The maximum Gasteiger partial charge on any atom is 0.295 e. The fourth-order valence-corrected chi connectivity index (χ4v) is 3.74. The number of carbonyl (C=O) groups is 2. The van der Waals surface area contributed by atoms with Gasteiger partial charge in [-0.3, -0.25) is 9.59 Å².